The Morgan fingerprint density at radius 2 is 2.21 bits per heavy atom. The van der Waals surface area contributed by atoms with Crippen LogP contribution in [0.5, 0.6) is 0 Å². The Morgan fingerprint density at radius 1 is 1.50 bits per heavy atom. The molecular weight excluding hydrogens is 180 g/mol. The van der Waals surface area contributed by atoms with Crippen molar-refractivity contribution in [3.8, 4) is 0 Å². The molecule has 0 heterocycles. The van der Waals surface area contributed by atoms with Gasteiger partial charge in [-0.25, -0.2) is 0 Å². The fraction of sp³-hybridized carbons (Fsp3) is 0.600. The Bertz CT molecular complexity index is 269. The number of amides is 1. The van der Waals surface area contributed by atoms with Gasteiger partial charge in [-0.2, -0.15) is 0 Å². The van der Waals surface area contributed by atoms with Crippen molar-refractivity contribution in [2.24, 2.45) is 0 Å². The van der Waals surface area contributed by atoms with E-state index in [1.54, 1.807) is 6.08 Å². The molecule has 1 rings (SSSR count). The lowest BCUT2D eigenvalue weighted by atomic mass is 10.3. The van der Waals surface area contributed by atoms with Gasteiger partial charge in [0.2, 0.25) is 5.91 Å². The van der Waals surface area contributed by atoms with Gasteiger partial charge in [0, 0.05) is 24.2 Å². The topological polar surface area (TPSA) is 58.2 Å². The molecule has 78 valence electrons. The van der Waals surface area contributed by atoms with Crippen molar-refractivity contribution in [3.63, 3.8) is 0 Å². The number of carbonyl (C=O) groups is 2. The van der Waals surface area contributed by atoms with Crippen LogP contribution in [0.15, 0.2) is 11.8 Å². The summed E-state index contributed by atoms with van der Waals surface area (Å²) < 4.78 is 0. The van der Waals surface area contributed by atoms with E-state index in [9.17, 15) is 9.59 Å². The van der Waals surface area contributed by atoms with Crippen molar-refractivity contribution < 1.29 is 9.59 Å². The summed E-state index contributed by atoms with van der Waals surface area (Å²) in [6.07, 6.45) is 2.87. The molecule has 4 heteroatoms. The highest BCUT2D eigenvalue weighted by Gasteiger charge is 2.12. The normalized spacial score (nSPS) is 15.6. The van der Waals surface area contributed by atoms with Crippen LogP contribution in [-0.2, 0) is 9.59 Å². The zero-order chi connectivity index (χ0) is 10.6. The van der Waals surface area contributed by atoms with Crippen molar-refractivity contribution in [2.75, 3.05) is 6.54 Å². The lowest BCUT2D eigenvalue weighted by Gasteiger charge is -2.09. The van der Waals surface area contributed by atoms with E-state index < -0.39 is 0 Å². The first-order valence-corrected chi connectivity index (χ1v) is 4.84. The van der Waals surface area contributed by atoms with Crippen LogP contribution >= 0.6 is 0 Å². The third-order valence-corrected chi connectivity index (χ3v) is 1.90. The van der Waals surface area contributed by atoms with Gasteiger partial charge in [-0.15, -0.1) is 0 Å². The van der Waals surface area contributed by atoms with Crippen LogP contribution in [0.3, 0.4) is 0 Å². The number of rotatable bonds is 4. The van der Waals surface area contributed by atoms with E-state index >= 15 is 0 Å². The van der Waals surface area contributed by atoms with Gasteiger partial charge in [-0.1, -0.05) is 0 Å². The van der Waals surface area contributed by atoms with Gasteiger partial charge >= 0.3 is 0 Å². The molecule has 0 fully saturated rings. The molecule has 0 unspecified atom stereocenters. The third kappa shape index (κ3) is 3.60. The number of nitrogens with one attached hydrogen (secondary N) is 2. The molecule has 0 aromatic carbocycles. The molecule has 0 saturated heterocycles. The minimum absolute atomic E-state index is 0.0414. The summed E-state index contributed by atoms with van der Waals surface area (Å²) in [5.41, 5.74) is 0.869. The van der Waals surface area contributed by atoms with Crippen LogP contribution in [0.25, 0.3) is 0 Å². The molecule has 2 N–H and O–H groups in total. The van der Waals surface area contributed by atoms with Crippen LogP contribution in [0.2, 0.25) is 0 Å². The standard InChI is InChI=1S/C10H16N2O2/c1-7(2)12-10(14)6-11-8-3-4-9(13)5-8/h5,7,11H,3-4,6H2,1-2H3,(H,12,14). The smallest absolute Gasteiger partial charge is 0.239 e. The maximum absolute atomic E-state index is 11.2. The van der Waals surface area contributed by atoms with Gasteiger partial charge in [0.15, 0.2) is 5.78 Å². The quantitative estimate of drug-likeness (QED) is 0.682. The number of allylic oxidation sites excluding steroid dienone is 2. The van der Waals surface area contributed by atoms with Crippen LogP contribution in [0, 0.1) is 0 Å². The van der Waals surface area contributed by atoms with E-state index in [1.165, 1.54) is 0 Å². The summed E-state index contributed by atoms with van der Waals surface area (Å²) in [5, 5.41) is 5.71. The first-order valence-electron chi connectivity index (χ1n) is 4.84. The molecule has 0 spiro atoms. The summed E-state index contributed by atoms with van der Waals surface area (Å²) >= 11 is 0. The molecule has 0 aromatic heterocycles. The Hall–Kier alpha value is -1.32. The molecule has 0 bridgehead atoms. The molecule has 14 heavy (non-hydrogen) atoms. The number of ketones is 1. The lowest BCUT2D eigenvalue weighted by molar-refractivity contribution is -0.120. The second-order valence-electron chi connectivity index (χ2n) is 3.71. The summed E-state index contributed by atoms with van der Waals surface area (Å²) in [6, 6.07) is 0.156. The van der Waals surface area contributed by atoms with Gasteiger partial charge in [-0.3, -0.25) is 9.59 Å². The van der Waals surface area contributed by atoms with Gasteiger partial charge < -0.3 is 10.6 Å². The van der Waals surface area contributed by atoms with Crippen LogP contribution in [0.4, 0.5) is 0 Å². The van der Waals surface area contributed by atoms with Crippen molar-refractivity contribution in [2.45, 2.75) is 32.7 Å². The van der Waals surface area contributed by atoms with Crippen molar-refractivity contribution in [1.29, 1.82) is 0 Å². The maximum atomic E-state index is 11.2. The largest absolute Gasteiger partial charge is 0.379 e. The Kier molecular flexibility index (Phi) is 3.68. The molecular formula is C10H16N2O2. The zero-order valence-corrected chi connectivity index (χ0v) is 8.59. The molecule has 0 saturated carbocycles. The lowest BCUT2D eigenvalue weighted by Crippen LogP contribution is -2.37. The molecule has 0 aliphatic heterocycles. The molecule has 1 amide bonds. The predicted octanol–water partition coefficient (Wildman–Crippen LogP) is 0.347. The van der Waals surface area contributed by atoms with Gasteiger partial charge in [0.1, 0.15) is 0 Å². The fourth-order valence-electron chi connectivity index (χ4n) is 1.30. The molecule has 0 aromatic rings. The molecule has 1 aliphatic carbocycles. The van der Waals surface area contributed by atoms with Gasteiger partial charge in [0.05, 0.1) is 6.54 Å². The fourth-order valence-corrected chi connectivity index (χ4v) is 1.30. The van der Waals surface area contributed by atoms with E-state index in [4.69, 9.17) is 0 Å². The van der Waals surface area contributed by atoms with E-state index in [0.29, 0.717) is 6.42 Å². The SMILES string of the molecule is CC(C)NC(=O)CNC1=CC(=O)CC1. The molecule has 4 nitrogen and oxygen atoms in total. The first kappa shape index (κ1) is 10.8. The molecule has 0 atom stereocenters. The van der Waals surface area contributed by atoms with Crippen LogP contribution in [-0.4, -0.2) is 24.3 Å². The Balaban J connectivity index is 2.24. The Labute approximate surface area is 83.8 Å². The summed E-state index contributed by atoms with van der Waals surface area (Å²) in [5.74, 6) is 0.0945. The first-order chi connectivity index (χ1) is 6.58. The van der Waals surface area contributed by atoms with E-state index in [-0.39, 0.29) is 24.3 Å². The highest BCUT2D eigenvalue weighted by atomic mass is 16.2. The van der Waals surface area contributed by atoms with E-state index in [2.05, 4.69) is 10.6 Å². The van der Waals surface area contributed by atoms with Crippen LogP contribution in [0.1, 0.15) is 26.7 Å². The second-order valence-corrected chi connectivity index (χ2v) is 3.71. The van der Waals surface area contributed by atoms with Gasteiger partial charge in [-0.05, 0) is 20.3 Å². The summed E-state index contributed by atoms with van der Waals surface area (Å²) in [7, 11) is 0. The number of hydrogen-bond donors (Lipinski definition) is 2. The predicted molar refractivity (Wildman–Crippen MR) is 53.6 cm³/mol. The van der Waals surface area contributed by atoms with Crippen molar-refractivity contribution >= 4 is 11.7 Å². The third-order valence-electron chi connectivity index (χ3n) is 1.90. The Morgan fingerprint density at radius 3 is 2.71 bits per heavy atom. The second kappa shape index (κ2) is 4.79. The van der Waals surface area contributed by atoms with E-state index in [1.807, 2.05) is 13.8 Å². The minimum atomic E-state index is -0.0414. The van der Waals surface area contributed by atoms with Crippen LogP contribution < -0.4 is 10.6 Å². The zero-order valence-electron chi connectivity index (χ0n) is 8.59. The van der Waals surface area contributed by atoms with Gasteiger partial charge in [0.25, 0.3) is 0 Å². The summed E-state index contributed by atoms with van der Waals surface area (Å²) in [4.78, 5) is 22.1. The molecule has 1 aliphatic rings. The van der Waals surface area contributed by atoms with Crippen molar-refractivity contribution in [1.82, 2.24) is 10.6 Å². The number of carbonyl (C=O) groups excluding carboxylic acids is 2. The highest BCUT2D eigenvalue weighted by Crippen LogP contribution is 2.10. The monoisotopic (exact) mass is 196 g/mol. The highest BCUT2D eigenvalue weighted by molar-refractivity contribution is 5.93. The average Bonchev–Trinajstić information content (AvgIpc) is 2.47. The average molecular weight is 196 g/mol. The van der Waals surface area contributed by atoms with Crippen molar-refractivity contribution in [3.05, 3.63) is 11.8 Å². The minimum Gasteiger partial charge on any atom is -0.379 e. The summed E-state index contributed by atoms with van der Waals surface area (Å²) in [6.45, 7) is 4.07. The maximum Gasteiger partial charge on any atom is 0.239 e. The van der Waals surface area contributed by atoms with E-state index in [0.717, 1.165) is 12.1 Å². The molecule has 0 radical (unpaired) electrons. The number of hydrogen-bond acceptors (Lipinski definition) is 3.